The number of hydrogen-bond donors (Lipinski definition) is 1. The standard InChI is InChI=1S/C14H19O7P/c1-4-19-22(18,20-5-2)21-9-14(17)11-6-7-13(16)12(8-11)10(3)15/h6-8,16H,4-5,9H2,1-3H3. The van der Waals surface area contributed by atoms with Crippen LogP contribution < -0.4 is 0 Å². The number of phenolic OH excluding ortho intramolecular Hbond substituents is 1. The number of phosphoric ester groups is 1. The summed E-state index contributed by atoms with van der Waals surface area (Å²) in [7, 11) is -3.77. The minimum absolute atomic E-state index is 0.0312. The van der Waals surface area contributed by atoms with Crippen LogP contribution in [0.3, 0.4) is 0 Å². The van der Waals surface area contributed by atoms with Crippen molar-refractivity contribution in [3.63, 3.8) is 0 Å². The zero-order valence-electron chi connectivity index (χ0n) is 12.7. The number of carbonyl (C=O) groups excluding carboxylic acids is 2. The second-order valence-electron chi connectivity index (χ2n) is 4.27. The molecule has 0 saturated carbocycles. The van der Waals surface area contributed by atoms with Crippen molar-refractivity contribution in [1.29, 1.82) is 0 Å². The molecule has 122 valence electrons. The Morgan fingerprint density at radius 3 is 2.23 bits per heavy atom. The van der Waals surface area contributed by atoms with Gasteiger partial charge < -0.3 is 5.11 Å². The molecule has 1 aromatic carbocycles. The Bertz CT molecular complexity index is 587. The fraction of sp³-hybridized carbons (Fsp3) is 0.429. The molecular formula is C14H19O7P. The Hall–Kier alpha value is -1.53. The molecule has 0 aliphatic carbocycles. The molecule has 8 heteroatoms. The maximum Gasteiger partial charge on any atom is 0.475 e. The smallest absolute Gasteiger partial charge is 0.475 e. The van der Waals surface area contributed by atoms with E-state index < -0.39 is 20.2 Å². The van der Waals surface area contributed by atoms with E-state index in [-0.39, 0.29) is 35.9 Å². The van der Waals surface area contributed by atoms with Crippen molar-refractivity contribution in [1.82, 2.24) is 0 Å². The second kappa shape index (κ2) is 8.19. The van der Waals surface area contributed by atoms with Gasteiger partial charge in [0.25, 0.3) is 0 Å². The van der Waals surface area contributed by atoms with Gasteiger partial charge in [0.05, 0.1) is 18.8 Å². The van der Waals surface area contributed by atoms with Crippen LogP contribution in [0.25, 0.3) is 0 Å². The molecular weight excluding hydrogens is 311 g/mol. The summed E-state index contributed by atoms with van der Waals surface area (Å²) in [5, 5.41) is 9.54. The number of hydrogen-bond acceptors (Lipinski definition) is 7. The minimum atomic E-state index is -3.77. The van der Waals surface area contributed by atoms with E-state index in [2.05, 4.69) is 0 Å². The maximum atomic E-state index is 12.1. The summed E-state index contributed by atoms with van der Waals surface area (Å²) in [5.74, 6) is -1.09. The van der Waals surface area contributed by atoms with Crippen LogP contribution in [0.1, 0.15) is 41.5 Å². The molecule has 0 bridgehead atoms. The summed E-state index contributed by atoms with van der Waals surface area (Å²) < 4.78 is 26.8. The number of aromatic hydroxyl groups is 1. The molecule has 0 atom stereocenters. The minimum Gasteiger partial charge on any atom is -0.507 e. The lowest BCUT2D eigenvalue weighted by Crippen LogP contribution is -2.11. The zero-order chi connectivity index (χ0) is 16.8. The molecule has 0 aromatic heterocycles. The van der Waals surface area contributed by atoms with Crippen LogP contribution in [0.15, 0.2) is 18.2 Å². The Balaban J connectivity index is 2.83. The van der Waals surface area contributed by atoms with Crippen LogP contribution in [0.5, 0.6) is 5.75 Å². The lowest BCUT2D eigenvalue weighted by molar-refractivity contribution is 0.0816. The van der Waals surface area contributed by atoms with Gasteiger partial charge in [0.1, 0.15) is 12.4 Å². The van der Waals surface area contributed by atoms with Crippen molar-refractivity contribution in [2.24, 2.45) is 0 Å². The Morgan fingerprint density at radius 2 is 1.73 bits per heavy atom. The maximum absolute atomic E-state index is 12.1. The molecule has 0 aliphatic rings. The number of ketones is 2. The number of phosphoric acid groups is 1. The van der Waals surface area contributed by atoms with E-state index in [4.69, 9.17) is 13.6 Å². The Labute approximate surface area is 128 Å². The molecule has 0 amide bonds. The van der Waals surface area contributed by atoms with Gasteiger partial charge in [-0.3, -0.25) is 23.2 Å². The van der Waals surface area contributed by atoms with Crippen LogP contribution in [0.2, 0.25) is 0 Å². The van der Waals surface area contributed by atoms with Crippen molar-refractivity contribution in [3.05, 3.63) is 29.3 Å². The van der Waals surface area contributed by atoms with E-state index in [1.807, 2.05) is 0 Å². The third-order valence-electron chi connectivity index (χ3n) is 2.63. The molecule has 1 aromatic rings. The molecule has 7 nitrogen and oxygen atoms in total. The largest absolute Gasteiger partial charge is 0.507 e. The van der Waals surface area contributed by atoms with Crippen LogP contribution in [-0.2, 0) is 18.1 Å². The van der Waals surface area contributed by atoms with Crippen molar-refractivity contribution >= 4 is 19.4 Å². The quantitative estimate of drug-likeness (QED) is 0.549. The Kier molecular flexibility index (Phi) is 6.90. The fourth-order valence-electron chi connectivity index (χ4n) is 1.64. The molecule has 0 saturated heterocycles. The van der Waals surface area contributed by atoms with Crippen molar-refractivity contribution in [2.75, 3.05) is 19.8 Å². The third kappa shape index (κ3) is 5.03. The number of phenols is 1. The number of rotatable bonds is 9. The summed E-state index contributed by atoms with van der Waals surface area (Å²) >= 11 is 0. The summed E-state index contributed by atoms with van der Waals surface area (Å²) in [6.45, 7) is 4.21. The van der Waals surface area contributed by atoms with Crippen molar-refractivity contribution in [2.45, 2.75) is 20.8 Å². The van der Waals surface area contributed by atoms with Gasteiger partial charge in [0.2, 0.25) is 0 Å². The van der Waals surface area contributed by atoms with Gasteiger partial charge >= 0.3 is 7.82 Å². The predicted molar refractivity (Wildman–Crippen MR) is 79.3 cm³/mol. The molecule has 0 radical (unpaired) electrons. The van der Waals surface area contributed by atoms with Gasteiger partial charge in [-0.15, -0.1) is 0 Å². The summed E-state index contributed by atoms with van der Waals surface area (Å²) in [4.78, 5) is 23.4. The van der Waals surface area contributed by atoms with Gasteiger partial charge in [-0.1, -0.05) is 0 Å². The fourth-order valence-corrected chi connectivity index (χ4v) is 2.77. The molecule has 22 heavy (non-hydrogen) atoms. The van der Waals surface area contributed by atoms with E-state index >= 15 is 0 Å². The topological polar surface area (TPSA) is 99.1 Å². The summed E-state index contributed by atoms with van der Waals surface area (Å²) in [5.41, 5.74) is 0.186. The van der Waals surface area contributed by atoms with Gasteiger partial charge in [0.15, 0.2) is 11.6 Å². The summed E-state index contributed by atoms with van der Waals surface area (Å²) in [6.07, 6.45) is 0. The molecule has 0 unspecified atom stereocenters. The van der Waals surface area contributed by atoms with Gasteiger partial charge in [-0.05, 0) is 39.0 Å². The average molecular weight is 330 g/mol. The monoisotopic (exact) mass is 330 g/mol. The van der Waals surface area contributed by atoms with E-state index in [1.54, 1.807) is 13.8 Å². The average Bonchev–Trinajstić information content (AvgIpc) is 2.45. The lowest BCUT2D eigenvalue weighted by atomic mass is 10.0. The van der Waals surface area contributed by atoms with Gasteiger partial charge in [0, 0.05) is 5.56 Å². The predicted octanol–water partition coefficient (Wildman–Crippen LogP) is 2.98. The van der Waals surface area contributed by atoms with Crippen LogP contribution >= 0.6 is 7.82 Å². The van der Waals surface area contributed by atoms with Crippen molar-refractivity contribution < 1.29 is 32.8 Å². The number of Topliss-reactive ketones (excluding diaryl/α,β-unsaturated/α-hetero) is 2. The van der Waals surface area contributed by atoms with E-state index in [9.17, 15) is 19.3 Å². The zero-order valence-corrected chi connectivity index (χ0v) is 13.6. The van der Waals surface area contributed by atoms with Gasteiger partial charge in [-0.2, -0.15) is 0 Å². The SMILES string of the molecule is CCOP(=O)(OCC)OCC(=O)c1ccc(O)c(C(C)=O)c1. The molecule has 0 spiro atoms. The molecule has 0 heterocycles. The molecule has 0 aliphatic heterocycles. The highest BCUT2D eigenvalue weighted by atomic mass is 31.2. The first-order valence-corrected chi connectivity index (χ1v) is 8.19. The molecule has 0 fully saturated rings. The van der Waals surface area contributed by atoms with Crippen LogP contribution in [-0.4, -0.2) is 36.5 Å². The molecule has 1 rings (SSSR count). The normalized spacial score (nSPS) is 11.4. The first-order chi connectivity index (χ1) is 10.3. The first kappa shape index (κ1) is 18.5. The van der Waals surface area contributed by atoms with Crippen LogP contribution in [0, 0.1) is 0 Å². The second-order valence-corrected chi connectivity index (χ2v) is 5.94. The first-order valence-electron chi connectivity index (χ1n) is 6.73. The van der Waals surface area contributed by atoms with Crippen LogP contribution in [0.4, 0.5) is 0 Å². The number of benzene rings is 1. The molecule has 1 N–H and O–H groups in total. The highest BCUT2D eigenvalue weighted by molar-refractivity contribution is 7.48. The Morgan fingerprint density at radius 1 is 1.14 bits per heavy atom. The van der Waals surface area contributed by atoms with Crippen molar-refractivity contribution in [3.8, 4) is 5.75 Å². The highest BCUT2D eigenvalue weighted by Crippen LogP contribution is 2.49. The summed E-state index contributed by atoms with van der Waals surface area (Å²) in [6, 6.07) is 3.85. The highest BCUT2D eigenvalue weighted by Gasteiger charge is 2.27. The van der Waals surface area contributed by atoms with Gasteiger partial charge in [-0.25, -0.2) is 4.57 Å². The lowest BCUT2D eigenvalue weighted by Gasteiger charge is -2.15. The number of carbonyl (C=O) groups is 2. The van der Waals surface area contributed by atoms with E-state index in [1.165, 1.54) is 25.1 Å². The third-order valence-corrected chi connectivity index (χ3v) is 4.22. The van der Waals surface area contributed by atoms with E-state index in [0.717, 1.165) is 0 Å². The van der Waals surface area contributed by atoms with E-state index in [0.29, 0.717) is 0 Å².